The standard InChI is InChI=1S/C12H10ClFN2O/c1-8-4-10(14)3-2-9(8)6-16-7-15-11(13)5-12(16)17/h2-5,7H,6H2,1H3. The smallest absolute Gasteiger partial charge is 0.255 e. The number of aromatic nitrogens is 2. The van der Waals surface area contributed by atoms with Crippen LogP contribution in [0.15, 0.2) is 35.4 Å². The Labute approximate surface area is 102 Å². The zero-order valence-corrected chi connectivity index (χ0v) is 9.91. The number of aryl methyl sites for hydroxylation is 1. The average Bonchev–Trinajstić information content (AvgIpc) is 2.25. The molecule has 0 aliphatic heterocycles. The van der Waals surface area contributed by atoms with Crippen LogP contribution in [0, 0.1) is 12.7 Å². The van der Waals surface area contributed by atoms with E-state index in [9.17, 15) is 9.18 Å². The van der Waals surface area contributed by atoms with Crippen LogP contribution in [0.25, 0.3) is 0 Å². The molecule has 0 aliphatic rings. The van der Waals surface area contributed by atoms with Gasteiger partial charge in [0.15, 0.2) is 0 Å². The third-order valence-corrected chi connectivity index (χ3v) is 2.70. The molecule has 2 rings (SSSR count). The molecule has 1 heterocycles. The van der Waals surface area contributed by atoms with Crippen LogP contribution in [0.5, 0.6) is 0 Å². The van der Waals surface area contributed by atoms with Crippen molar-refractivity contribution in [3.8, 4) is 0 Å². The molecular formula is C12H10ClFN2O. The maximum atomic E-state index is 12.9. The highest BCUT2D eigenvalue weighted by atomic mass is 35.5. The SMILES string of the molecule is Cc1cc(F)ccc1Cn1cnc(Cl)cc1=O. The van der Waals surface area contributed by atoms with Crippen molar-refractivity contribution in [2.24, 2.45) is 0 Å². The first-order valence-corrected chi connectivity index (χ1v) is 5.41. The number of benzene rings is 1. The van der Waals surface area contributed by atoms with E-state index in [1.54, 1.807) is 13.0 Å². The van der Waals surface area contributed by atoms with E-state index in [0.717, 1.165) is 11.1 Å². The molecule has 0 unspecified atom stereocenters. The monoisotopic (exact) mass is 252 g/mol. The fourth-order valence-electron chi connectivity index (χ4n) is 1.54. The van der Waals surface area contributed by atoms with E-state index >= 15 is 0 Å². The van der Waals surface area contributed by atoms with Crippen LogP contribution in [0.4, 0.5) is 4.39 Å². The minimum Gasteiger partial charge on any atom is -0.295 e. The Hall–Kier alpha value is -1.68. The van der Waals surface area contributed by atoms with Gasteiger partial charge in [-0.15, -0.1) is 0 Å². The van der Waals surface area contributed by atoms with Crippen LogP contribution in [0.1, 0.15) is 11.1 Å². The highest BCUT2D eigenvalue weighted by Gasteiger charge is 2.03. The third kappa shape index (κ3) is 2.71. The van der Waals surface area contributed by atoms with Crippen molar-refractivity contribution in [3.05, 3.63) is 63.0 Å². The summed E-state index contributed by atoms with van der Waals surface area (Å²) in [5.74, 6) is -0.284. The van der Waals surface area contributed by atoms with Gasteiger partial charge in [0.05, 0.1) is 12.9 Å². The molecule has 0 N–H and O–H groups in total. The van der Waals surface area contributed by atoms with Gasteiger partial charge in [-0.1, -0.05) is 17.7 Å². The van der Waals surface area contributed by atoms with Gasteiger partial charge in [0, 0.05) is 6.07 Å². The zero-order chi connectivity index (χ0) is 12.4. The summed E-state index contributed by atoms with van der Waals surface area (Å²) >= 11 is 5.60. The molecule has 0 fully saturated rings. The van der Waals surface area contributed by atoms with Crippen LogP contribution >= 0.6 is 11.6 Å². The predicted molar refractivity (Wildman–Crippen MR) is 63.7 cm³/mol. The molecule has 2 aromatic rings. The predicted octanol–water partition coefficient (Wildman–Crippen LogP) is 2.39. The lowest BCUT2D eigenvalue weighted by Gasteiger charge is -2.08. The quantitative estimate of drug-likeness (QED) is 0.770. The van der Waals surface area contributed by atoms with Gasteiger partial charge >= 0.3 is 0 Å². The minimum absolute atomic E-state index is 0.169. The molecular weight excluding hydrogens is 243 g/mol. The van der Waals surface area contributed by atoms with Crippen molar-refractivity contribution < 1.29 is 4.39 Å². The first kappa shape index (κ1) is 11.8. The molecule has 5 heteroatoms. The third-order valence-electron chi connectivity index (χ3n) is 2.49. The average molecular weight is 253 g/mol. The van der Waals surface area contributed by atoms with Gasteiger partial charge in [-0.25, -0.2) is 9.37 Å². The topological polar surface area (TPSA) is 34.9 Å². The molecule has 0 amide bonds. The maximum absolute atomic E-state index is 12.9. The fraction of sp³-hybridized carbons (Fsp3) is 0.167. The lowest BCUT2D eigenvalue weighted by Crippen LogP contribution is -2.20. The first-order chi connectivity index (χ1) is 8.06. The van der Waals surface area contributed by atoms with Crippen molar-refractivity contribution in [1.82, 2.24) is 9.55 Å². The van der Waals surface area contributed by atoms with Crippen LogP contribution in [0.3, 0.4) is 0 Å². The van der Waals surface area contributed by atoms with E-state index in [-0.39, 0.29) is 16.5 Å². The van der Waals surface area contributed by atoms with Crippen molar-refractivity contribution in [2.75, 3.05) is 0 Å². The van der Waals surface area contributed by atoms with Crippen molar-refractivity contribution in [1.29, 1.82) is 0 Å². The summed E-state index contributed by atoms with van der Waals surface area (Å²) in [4.78, 5) is 15.4. The van der Waals surface area contributed by atoms with E-state index in [0.29, 0.717) is 6.54 Å². The van der Waals surface area contributed by atoms with E-state index in [1.807, 2.05) is 0 Å². The van der Waals surface area contributed by atoms with Gasteiger partial charge in [0.2, 0.25) is 0 Å². The van der Waals surface area contributed by atoms with Gasteiger partial charge in [0.1, 0.15) is 11.0 Å². The lowest BCUT2D eigenvalue weighted by molar-refractivity contribution is 0.624. The minimum atomic E-state index is -0.284. The molecule has 1 aromatic heterocycles. The highest BCUT2D eigenvalue weighted by molar-refractivity contribution is 6.29. The van der Waals surface area contributed by atoms with E-state index in [1.165, 1.54) is 29.1 Å². The summed E-state index contributed by atoms with van der Waals surface area (Å²) in [6, 6.07) is 5.71. The summed E-state index contributed by atoms with van der Waals surface area (Å²) in [5, 5.41) is 0.169. The summed E-state index contributed by atoms with van der Waals surface area (Å²) in [5.41, 5.74) is 1.44. The van der Waals surface area contributed by atoms with Crippen LogP contribution in [0.2, 0.25) is 5.15 Å². The molecule has 88 valence electrons. The molecule has 0 saturated heterocycles. The van der Waals surface area contributed by atoms with E-state index < -0.39 is 0 Å². The molecule has 1 aromatic carbocycles. The molecule has 0 spiro atoms. The molecule has 0 bridgehead atoms. The number of nitrogens with zero attached hydrogens (tertiary/aromatic N) is 2. The van der Waals surface area contributed by atoms with Gasteiger partial charge in [-0.05, 0) is 30.2 Å². The van der Waals surface area contributed by atoms with Crippen molar-refractivity contribution in [2.45, 2.75) is 13.5 Å². The second kappa shape index (κ2) is 4.67. The summed E-state index contributed by atoms with van der Waals surface area (Å²) in [6.45, 7) is 2.15. The van der Waals surface area contributed by atoms with Crippen LogP contribution in [-0.4, -0.2) is 9.55 Å². The maximum Gasteiger partial charge on any atom is 0.255 e. The second-order valence-corrected chi connectivity index (χ2v) is 4.14. The second-order valence-electron chi connectivity index (χ2n) is 3.75. The van der Waals surface area contributed by atoms with Gasteiger partial charge in [-0.2, -0.15) is 0 Å². The Morgan fingerprint density at radius 2 is 2.18 bits per heavy atom. The normalized spacial score (nSPS) is 10.5. The van der Waals surface area contributed by atoms with Crippen LogP contribution in [-0.2, 0) is 6.54 Å². The Balaban J connectivity index is 2.35. The van der Waals surface area contributed by atoms with Crippen molar-refractivity contribution >= 4 is 11.6 Å². The molecule has 17 heavy (non-hydrogen) atoms. The lowest BCUT2D eigenvalue weighted by atomic mass is 10.1. The molecule has 0 radical (unpaired) electrons. The number of hydrogen-bond donors (Lipinski definition) is 0. The molecule has 0 atom stereocenters. The number of rotatable bonds is 2. The Morgan fingerprint density at radius 1 is 1.41 bits per heavy atom. The summed E-state index contributed by atoms with van der Waals surface area (Å²) in [7, 11) is 0. The first-order valence-electron chi connectivity index (χ1n) is 5.03. The van der Waals surface area contributed by atoms with E-state index in [4.69, 9.17) is 11.6 Å². The zero-order valence-electron chi connectivity index (χ0n) is 9.15. The Morgan fingerprint density at radius 3 is 2.82 bits per heavy atom. The Bertz CT molecular complexity index is 610. The largest absolute Gasteiger partial charge is 0.295 e. The number of halogens is 2. The van der Waals surface area contributed by atoms with Gasteiger partial charge < -0.3 is 0 Å². The van der Waals surface area contributed by atoms with E-state index in [2.05, 4.69) is 4.98 Å². The summed E-state index contributed by atoms with van der Waals surface area (Å²) < 4.78 is 14.3. The molecule has 0 saturated carbocycles. The molecule has 3 nitrogen and oxygen atoms in total. The Kier molecular flexibility index (Phi) is 3.24. The van der Waals surface area contributed by atoms with Crippen LogP contribution < -0.4 is 5.56 Å². The van der Waals surface area contributed by atoms with Gasteiger partial charge in [0.25, 0.3) is 5.56 Å². The van der Waals surface area contributed by atoms with Gasteiger partial charge in [-0.3, -0.25) is 9.36 Å². The highest BCUT2D eigenvalue weighted by Crippen LogP contribution is 2.11. The summed E-state index contributed by atoms with van der Waals surface area (Å²) in [6.07, 6.45) is 1.38. The molecule has 0 aliphatic carbocycles. The fourth-order valence-corrected chi connectivity index (χ4v) is 1.68. The number of hydrogen-bond acceptors (Lipinski definition) is 2. The van der Waals surface area contributed by atoms with Crippen molar-refractivity contribution in [3.63, 3.8) is 0 Å².